The molecule has 8 nitrogen and oxygen atoms in total. The van der Waals surface area contributed by atoms with Gasteiger partial charge in [-0.25, -0.2) is 4.79 Å². The summed E-state index contributed by atoms with van der Waals surface area (Å²) in [4.78, 5) is 12.0. The number of hydrogen-bond donors (Lipinski definition) is 1. The molecule has 1 N–H and O–H groups in total. The fraction of sp³-hybridized carbons (Fsp3) is 0.412. The van der Waals surface area contributed by atoms with Crippen molar-refractivity contribution in [1.82, 2.24) is 15.4 Å². The number of nitrogens with zero attached hydrogens (tertiary/aromatic N) is 3. The summed E-state index contributed by atoms with van der Waals surface area (Å²) in [5.41, 5.74) is 1.16. The number of hydrogen-bond acceptors (Lipinski definition) is 7. The van der Waals surface area contributed by atoms with Gasteiger partial charge in [-0.1, -0.05) is 0 Å². The third kappa shape index (κ3) is 4.70. The van der Waals surface area contributed by atoms with Crippen LogP contribution in [0.25, 0.3) is 11.3 Å². The lowest BCUT2D eigenvalue weighted by molar-refractivity contribution is 0.0520. The third-order valence-electron chi connectivity index (χ3n) is 3.39. The first kappa shape index (κ1) is 18.3. The predicted octanol–water partition coefficient (Wildman–Crippen LogP) is 2.73. The Hall–Kier alpha value is -3.08. The number of carbonyl (C=O) groups is 1. The van der Waals surface area contributed by atoms with E-state index in [4.69, 9.17) is 19.5 Å². The fourth-order valence-corrected chi connectivity index (χ4v) is 2.20. The van der Waals surface area contributed by atoms with Crippen molar-refractivity contribution in [3.05, 3.63) is 23.9 Å². The van der Waals surface area contributed by atoms with Gasteiger partial charge in [0.2, 0.25) is 0 Å². The van der Waals surface area contributed by atoms with Gasteiger partial charge in [-0.15, -0.1) is 5.10 Å². The highest BCUT2D eigenvalue weighted by atomic mass is 16.5. The molecule has 0 spiro atoms. The molecule has 1 aromatic carbocycles. The van der Waals surface area contributed by atoms with Crippen molar-refractivity contribution < 1.29 is 19.0 Å². The lowest BCUT2D eigenvalue weighted by atomic mass is 10.1. The summed E-state index contributed by atoms with van der Waals surface area (Å²) in [5, 5.41) is 18.9. The largest absolute Gasteiger partial charge is 0.493 e. The van der Waals surface area contributed by atoms with Crippen LogP contribution in [0.15, 0.2) is 18.2 Å². The van der Waals surface area contributed by atoms with Crippen molar-refractivity contribution in [2.24, 2.45) is 0 Å². The Morgan fingerprint density at radius 2 is 2.12 bits per heavy atom. The summed E-state index contributed by atoms with van der Waals surface area (Å²) >= 11 is 0. The summed E-state index contributed by atoms with van der Waals surface area (Å²) in [6.07, 6.45) is 2.04. The van der Waals surface area contributed by atoms with E-state index >= 15 is 0 Å². The molecule has 0 bridgehead atoms. The van der Waals surface area contributed by atoms with E-state index in [0.717, 1.165) is 12.8 Å². The van der Waals surface area contributed by atoms with Crippen LogP contribution in [0.2, 0.25) is 0 Å². The molecule has 2 rings (SSSR count). The first-order chi connectivity index (χ1) is 12.2. The minimum absolute atomic E-state index is 0.118. The number of H-pyrrole nitrogens is 1. The van der Waals surface area contributed by atoms with Gasteiger partial charge in [-0.2, -0.15) is 15.6 Å². The van der Waals surface area contributed by atoms with Crippen LogP contribution in [0.4, 0.5) is 0 Å². The van der Waals surface area contributed by atoms with Crippen molar-refractivity contribution in [1.29, 1.82) is 5.26 Å². The predicted molar refractivity (Wildman–Crippen MR) is 89.3 cm³/mol. The van der Waals surface area contributed by atoms with Crippen molar-refractivity contribution in [3.8, 4) is 28.8 Å². The zero-order valence-corrected chi connectivity index (χ0v) is 14.2. The van der Waals surface area contributed by atoms with Gasteiger partial charge in [0.15, 0.2) is 17.2 Å². The van der Waals surface area contributed by atoms with E-state index in [0.29, 0.717) is 35.8 Å². The molecular formula is C17H20N4O4. The number of esters is 1. The van der Waals surface area contributed by atoms with Gasteiger partial charge < -0.3 is 14.2 Å². The van der Waals surface area contributed by atoms with Crippen LogP contribution in [-0.4, -0.2) is 41.7 Å². The smallest absolute Gasteiger partial charge is 0.361 e. The van der Waals surface area contributed by atoms with Gasteiger partial charge >= 0.3 is 5.97 Å². The Labute approximate surface area is 145 Å². The maximum absolute atomic E-state index is 12.0. The van der Waals surface area contributed by atoms with Gasteiger partial charge in [-0.3, -0.25) is 0 Å². The topological polar surface area (TPSA) is 110 Å². The van der Waals surface area contributed by atoms with Crippen molar-refractivity contribution in [2.75, 3.05) is 20.3 Å². The summed E-state index contributed by atoms with van der Waals surface area (Å²) < 4.78 is 16.0. The minimum Gasteiger partial charge on any atom is -0.493 e. The second-order valence-electron chi connectivity index (χ2n) is 5.07. The van der Waals surface area contributed by atoms with Crippen LogP contribution in [0.3, 0.4) is 0 Å². The number of ether oxygens (including phenoxy) is 3. The molecular weight excluding hydrogens is 324 g/mol. The summed E-state index contributed by atoms with van der Waals surface area (Å²) in [5.74, 6) is 0.570. The standard InChI is InChI=1S/C17H20N4O4/c1-3-24-17(22)16-15(19-21-20-16)12-7-8-13(23-2)14(11-12)25-10-6-4-5-9-18/h7-8,11H,3-6,10H2,1-2H3,(H,19,20,21). The Morgan fingerprint density at radius 3 is 2.84 bits per heavy atom. The summed E-state index contributed by atoms with van der Waals surface area (Å²) in [6.45, 7) is 2.44. The van der Waals surface area contributed by atoms with Crippen LogP contribution in [0.1, 0.15) is 36.7 Å². The zero-order valence-electron chi connectivity index (χ0n) is 14.2. The monoisotopic (exact) mass is 344 g/mol. The molecule has 1 heterocycles. The number of carbonyl (C=O) groups excluding carboxylic acids is 1. The number of methoxy groups -OCH3 is 1. The van der Waals surface area contributed by atoms with Crippen molar-refractivity contribution >= 4 is 5.97 Å². The molecule has 132 valence electrons. The number of rotatable bonds is 9. The van der Waals surface area contributed by atoms with E-state index in [1.165, 1.54) is 0 Å². The quantitative estimate of drug-likeness (QED) is 0.550. The number of nitrogens with one attached hydrogen (secondary N) is 1. The summed E-state index contributed by atoms with van der Waals surface area (Å²) in [7, 11) is 1.55. The Kier molecular flexibility index (Phi) is 6.77. The van der Waals surface area contributed by atoms with Gasteiger partial charge in [0.05, 0.1) is 26.4 Å². The molecule has 0 fully saturated rings. The van der Waals surface area contributed by atoms with Gasteiger partial charge in [0.1, 0.15) is 5.69 Å². The highest BCUT2D eigenvalue weighted by Gasteiger charge is 2.20. The van der Waals surface area contributed by atoms with E-state index in [-0.39, 0.29) is 12.3 Å². The van der Waals surface area contributed by atoms with Crippen LogP contribution in [0.5, 0.6) is 11.5 Å². The Balaban J connectivity index is 2.20. The van der Waals surface area contributed by atoms with E-state index in [1.807, 2.05) is 0 Å². The maximum Gasteiger partial charge on any atom is 0.361 e. The van der Waals surface area contributed by atoms with Crippen LogP contribution in [0, 0.1) is 11.3 Å². The molecule has 1 aromatic heterocycles. The normalized spacial score (nSPS) is 10.1. The van der Waals surface area contributed by atoms with Crippen LogP contribution in [-0.2, 0) is 4.74 Å². The molecule has 0 aliphatic rings. The minimum atomic E-state index is -0.541. The SMILES string of the molecule is CCOC(=O)c1n[nH]nc1-c1ccc(OC)c(OCCCCC#N)c1. The molecule has 0 saturated carbocycles. The zero-order chi connectivity index (χ0) is 18.1. The number of aromatic amines is 1. The lowest BCUT2D eigenvalue weighted by Gasteiger charge is -2.12. The average molecular weight is 344 g/mol. The second-order valence-corrected chi connectivity index (χ2v) is 5.07. The molecule has 0 amide bonds. The molecule has 0 aliphatic carbocycles. The third-order valence-corrected chi connectivity index (χ3v) is 3.39. The van der Waals surface area contributed by atoms with E-state index in [9.17, 15) is 4.79 Å². The molecule has 2 aromatic rings. The number of benzene rings is 1. The van der Waals surface area contributed by atoms with E-state index < -0.39 is 5.97 Å². The van der Waals surface area contributed by atoms with E-state index in [1.54, 1.807) is 32.2 Å². The first-order valence-electron chi connectivity index (χ1n) is 7.97. The Bertz CT molecular complexity index is 751. The highest BCUT2D eigenvalue weighted by molar-refractivity contribution is 5.94. The maximum atomic E-state index is 12.0. The number of unbranched alkanes of at least 4 members (excludes halogenated alkanes) is 2. The lowest BCUT2D eigenvalue weighted by Crippen LogP contribution is -2.07. The Morgan fingerprint density at radius 1 is 1.28 bits per heavy atom. The molecule has 0 atom stereocenters. The number of aromatic nitrogens is 3. The second kappa shape index (κ2) is 9.27. The highest BCUT2D eigenvalue weighted by Crippen LogP contribution is 2.33. The van der Waals surface area contributed by atoms with Gasteiger partial charge in [0, 0.05) is 12.0 Å². The number of nitriles is 1. The fourth-order valence-electron chi connectivity index (χ4n) is 2.20. The van der Waals surface area contributed by atoms with Crippen molar-refractivity contribution in [2.45, 2.75) is 26.2 Å². The first-order valence-corrected chi connectivity index (χ1v) is 7.97. The average Bonchev–Trinajstić information content (AvgIpc) is 3.11. The molecule has 0 unspecified atom stereocenters. The molecule has 0 saturated heterocycles. The summed E-state index contributed by atoms with van der Waals surface area (Å²) in [6, 6.07) is 7.35. The van der Waals surface area contributed by atoms with Gasteiger partial charge in [-0.05, 0) is 38.0 Å². The molecule has 8 heteroatoms. The molecule has 25 heavy (non-hydrogen) atoms. The molecule has 0 aliphatic heterocycles. The van der Waals surface area contributed by atoms with Crippen LogP contribution < -0.4 is 9.47 Å². The molecule has 0 radical (unpaired) electrons. The van der Waals surface area contributed by atoms with Gasteiger partial charge in [0.25, 0.3) is 0 Å². The van der Waals surface area contributed by atoms with Crippen molar-refractivity contribution in [3.63, 3.8) is 0 Å². The van der Waals surface area contributed by atoms with Crippen LogP contribution >= 0.6 is 0 Å². The van der Waals surface area contributed by atoms with E-state index in [2.05, 4.69) is 21.5 Å².